The average Bonchev–Trinajstić information content (AvgIpc) is 2.67. The van der Waals surface area contributed by atoms with E-state index >= 15 is 0 Å². The Morgan fingerprint density at radius 3 is 2.03 bits per heavy atom. The molecule has 2 rings (SSSR count). The largest absolute Gasteiger partial charge is 0.378 e. The summed E-state index contributed by atoms with van der Waals surface area (Å²) in [6, 6.07) is 11.3. The fraction of sp³-hybridized carbons (Fsp3) is 0.409. The predicted molar refractivity (Wildman–Crippen MR) is 118 cm³/mol. The number of amides is 1. The normalized spacial score (nSPS) is 11.6. The van der Waals surface area contributed by atoms with Crippen LogP contribution in [0.15, 0.2) is 41.3 Å². The molecule has 0 unspecified atom stereocenters. The summed E-state index contributed by atoms with van der Waals surface area (Å²) in [4.78, 5) is 17.1. The summed E-state index contributed by atoms with van der Waals surface area (Å²) in [5.41, 5.74) is 3.95. The van der Waals surface area contributed by atoms with Gasteiger partial charge in [-0.25, -0.2) is 12.7 Å². The molecule has 0 fully saturated rings. The number of aryl methyl sites for hydroxylation is 1. The Labute approximate surface area is 174 Å². The van der Waals surface area contributed by atoms with E-state index in [9.17, 15) is 13.2 Å². The number of sulfonamides is 1. The van der Waals surface area contributed by atoms with Crippen molar-refractivity contribution in [3.05, 3.63) is 58.7 Å². The molecule has 0 N–H and O–H groups in total. The van der Waals surface area contributed by atoms with Gasteiger partial charge in [0.05, 0.1) is 4.90 Å². The molecule has 158 valence electrons. The maximum atomic E-state index is 13.2. The highest BCUT2D eigenvalue weighted by atomic mass is 32.2. The van der Waals surface area contributed by atoms with E-state index in [-0.39, 0.29) is 10.8 Å². The number of hydrogen-bond donors (Lipinski definition) is 0. The molecule has 0 bridgehead atoms. The molecule has 0 aliphatic carbocycles. The van der Waals surface area contributed by atoms with Crippen LogP contribution in [0.1, 0.15) is 34.0 Å². The van der Waals surface area contributed by atoms with Gasteiger partial charge in [0.2, 0.25) is 10.0 Å². The maximum absolute atomic E-state index is 13.2. The third kappa shape index (κ3) is 4.97. The molecule has 6 nitrogen and oxygen atoms in total. The van der Waals surface area contributed by atoms with Crippen molar-refractivity contribution in [3.8, 4) is 0 Å². The number of carbonyl (C=O) groups is 1. The minimum absolute atomic E-state index is 0.178. The minimum Gasteiger partial charge on any atom is -0.378 e. The molecule has 2 aromatic carbocycles. The van der Waals surface area contributed by atoms with Crippen LogP contribution in [0.4, 0.5) is 5.69 Å². The smallest absolute Gasteiger partial charge is 0.254 e. The van der Waals surface area contributed by atoms with E-state index in [1.54, 1.807) is 17.9 Å². The summed E-state index contributed by atoms with van der Waals surface area (Å²) in [5, 5.41) is 0. The summed E-state index contributed by atoms with van der Waals surface area (Å²) >= 11 is 0. The number of carbonyl (C=O) groups excluding carboxylic acids is 1. The van der Waals surface area contributed by atoms with Crippen molar-refractivity contribution in [2.24, 2.45) is 0 Å². The van der Waals surface area contributed by atoms with Crippen LogP contribution < -0.4 is 4.90 Å². The van der Waals surface area contributed by atoms with E-state index in [4.69, 9.17) is 0 Å². The standard InChI is InChI=1S/C22H31N3O3S/c1-8-25(15-18-9-11-20(12-10-18)23(4)5)22(26)19-13-16(2)17(3)21(14-19)29(27,28)24(6)7/h9-14H,8,15H2,1-7H3. The number of rotatable bonds is 7. The Bertz CT molecular complexity index is 981. The quantitative estimate of drug-likeness (QED) is 0.694. The average molecular weight is 418 g/mol. The van der Waals surface area contributed by atoms with E-state index in [2.05, 4.69) is 0 Å². The number of nitrogens with zero attached hydrogens (tertiary/aromatic N) is 3. The summed E-state index contributed by atoms with van der Waals surface area (Å²) in [6.45, 7) is 6.51. The molecular formula is C22H31N3O3S. The lowest BCUT2D eigenvalue weighted by molar-refractivity contribution is 0.0752. The van der Waals surface area contributed by atoms with Crippen molar-refractivity contribution in [2.45, 2.75) is 32.2 Å². The van der Waals surface area contributed by atoms with Gasteiger partial charge in [-0.2, -0.15) is 0 Å². The first-order valence-electron chi connectivity index (χ1n) is 9.58. The molecule has 0 aromatic heterocycles. The highest BCUT2D eigenvalue weighted by molar-refractivity contribution is 7.89. The van der Waals surface area contributed by atoms with Crippen molar-refractivity contribution in [1.29, 1.82) is 0 Å². The second-order valence-electron chi connectivity index (χ2n) is 7.58. The van der Waals surface area contributed by atoms with Crippen LogP contribution in [0.25, 0.3) is 0 Å². The van der Waals surface area contributed by atoms with Crippen molar-refractivity contribution in [3.63, 3.8) is 0 Å². The predicted octanol–water partition coefficient (Wildman–Crippen LogP) is 3.28. The summed E-state index contributed by atoms with van der Waals surface area (Å²) in [5.74, 6) is -0.178. The molecule has 1 amide bonds. The van der Waals surface area contributed by atoms with Gasteiger partial charge in [0.1, 0.15) is 0 Å². The fourth-order valence-electron chi connectivity index (χ4n) is 3.04. The Morgan fingerprint density at radius 1 is 0.966 bits per heavy atom. The second-order valence-corrected chi connectivity index (χ2v) is 9.70. The molecule has 0 atom stereocenters. The molecule has 29 heavy (non-hydrogen) atoms. The van der Waals surface area contributed by atoms with Crippen molar-refractivity contribution >= 4 is 21.6 Å². The Hall–Kier alpha value is -2.38. The molecular weight excluding hydrogens is 386 g/mol. The topological polar surface area (TPSA) is 60.9 Å². The highest BCUT2D eigenvalue weighted by Crippen LogP contribution is 2.24. The second kappa shape index (κ2) is 8.97. The van der Waals surface area contributed by atoms with Crippen molar-refractivity contribution in [1.82, 2.24) is 9.21 Å². The lowest BCUT2D eigenvalue weighted by Crippen LogP contribution is -2.31. The van der Waals surface area contributed by atoms with Gasteiger partial charge in [-0.3, -0.25) is 4.79 Å². The third-order valence-corrected chi connectivity index (χ3v) is 7.06. The maximum Gasteiger partial charge on any atom is 0.254 e. The van der Waals surface area contributed by atoms with Gasteiger partial charge in [0, 0.05) is 52.5 Å². The summed E-state index contributed by atoms with van der Waals surface area (Å²) < 4.78 is 26.6. The molecule has 0 heterocycles. The number of benzene rings is 2. The molecule has 2 aromatic rings. The zero-order chi connectivity index (χ0) is 21.9. The third-order valence-electron chi connectivity index (χ3n) is 5.12. The zero-order valence-corrected chi connectivity index (χ0v) is 19.2. The highest BCUT2D eigenvalue weighted by Gasteiger charge is 2.24. The monoisotopic (exact) mass is 417 g/mol. The Balaban J connectivity index is 2.37. The van der Waals surface area contributed by atoms with E-state index in [0.717, 1.165) is 16.8 Å². The molecule has 0 aliphatic rings. The lowest BCUT2D eigenvalue weighted by Gasteiger charge is -2.23. The first-order valence-corrected chi connectivity index (χ1v) is 11.0. The van der Waals surface area contributed by atoms with Crippen LogP contribution in [0.2, 0.25) is 0 Å². The number of hydrogen-bond acceptors (Lipinski definition) is 4. The van der Waals surface area contributed by atoms with Crippen LogP contribution in [0.3, 0.4) is 0 Å². The van der Waals surface area contributed by atoms with Crippen LogP contribution in [0.5, 0.6) is 0 Å². The molecule has 7 heteroatoms. The van der Waals surface area contributed by atoms with Gasteiger partial charge in [0.15, 0.2) is 0 Å². The molecule has 0 aliphatic heterocycles. The van der Waals surface area contributed by atoms with Gasteiger partial charge in [0.25, 0.3) is 5.91 Å². The summed E-state index contributed by atoms with van der Waals surface area (Å²) in [6.07, 6.45) is 0. The molecule has 0 spiro atoms. The van der Waals surface area contributed by atoms with E-state index in [1.165, 1.54) is 24.5 Å². The molecule has 0 saturated heterocycles. The Morgan fingerprint density at radius 2 is 1.55 bits per heavy atom. The van der Waals surface area contributed by atoms with Crippen LogP contribution >= 0.6 is 0 Å². The number of anilines is 1. The van der Waals surface area contributed by atoms with E-state index in [0.29, 0.717) is 24.2 Å². The van der Waals surface area contributed by atoms with Crippen LogP contribution in [0, 0.1) is 13.8 Å². The molecule has 0 saturated carbocycles. The van der Waals surface area contributed by atoms with Crippen LogP contribution in [-0.4, -0.2) is 58.3 Å². The first-order chi connectivity index (χ1) is 13.5. The minimum atomic E-state index is -3.63. The van der Waals surface area contributed by atoms with E-state index < -0.39 is 10.0 Å². The SMILES string of the molecule is CCN(Cc1ccc(N(C)C)cc1)C(=O)c1cc(C)c(C)c(S(=O)(=O)N(C)C)c1. The van der Waals surface area contributed by atoms with Crippen LogP contribution in [-0.2, 0) is 16.6 Å². The van der Waals surface area contributed by atoms with Crippen molar-refractivity contribution < 1.29 is 13.2 Å². The van der Waals surface area contributed by atoms with Gasteiger partial charge in [-0.1, -0.05) is 12.1 Å². The lowest BCUT2D eigenvalue weighted by atomic mass is 10.0. The van der Waals surface area contributed by atoms with Gasteiger partial charge >= 0.3 is 0 Å². The first kappa shape index (κ1) is 22.9. The zero-order valence-electron chi connectivity index (χ0n) is 18.4. The van der Waals surface area contributed by atoms with Gasteiger partial charge < -0.3 is 9.80 Å². The van der Waals surface area contributed by atoms with Crippen molar-refractivity contribution in [2.75, 3.05) is 39.6 Å². The fourth-order valence-corrected chi connectivity index (χ4v) is 4.26. The summed E-state index contributed by atoms with van der Waals surface area (Å²) in [7, 11) is 3.32. The Kier molecular flexibility index (Phi) is 7.08. The van der Waals surface area contributed by atoms with Gasteiger partial charge in [-0.05, 0) is 61.7 Å². The molecule has 0 radical (unpaired) electrons. The van der Waals surface area contributed by atoms with E-state index in [1.807, 2.05) is 57.1 Å². The van der Waals surface area contributed by atoms with Gasteiger partial charge in [-0.15, -0.1) is 0 Å².